The quantitative estimate of drug-likeness (QED) is 0.339. The SMILES string of the molecule is CCC(C)C(NC(=O)CNC(=O)CNC(=O)C(N)Cc1ccccc1)C(=O)O. The molecule has 3 unspecified atom stereocenters. The second-order valence-electron chi connectivity index (χ2n) is 6.56. The van der Waals surface area contributed by atoms with E-state index in [4.69, 9.17) is 10.8 Å². The second kappa shape index (κ2) is 11.7. The van der Waals surface area contributed by atoms with Gasteiger partial charge >= 0.3 is 5.97 Å². The van der Waals surface area contributed by atoms with E-state index < -0.39 is 35.8 Å². The van der Waals surface area contributed by atoms with Gasteiger partial charge in [0, 0.05) is 0 Å². The lowest BCUT2D eigenvalue weighted by atomic mass is 9.99. The van der Waals surface area contributed by atoms with E-state index in [1.54, 1.807) is 6.92 Å². The molecule has 0 aromatic heterocycles. The van der Waals surface area contributed by atoms with Crippen molar-refractivity contribution in [1.82, 2.24) is 16.0 Å². The van der Waals surface area contributed by atoms with Gasteiger partial charge in [-0.2, -0.15) is 0 Å². The molecule has 154 valence electrons. The van der Waals surface area contributed by atoms with Crippen LogP contribution in [0.15, 0.2) is 30.3 Å². The highest BCUT2D eigenvalue weighted by molar-refractivity contribution is 5.90. The average molecular weight is 392 g/mol. The smallest absolute Gasteiger partial charge is 0.326 e. The summed E-state index contributed by atoms with van der Waals surface area (Å²) >= 11 is 0. The number of nitrogens with one attached hydrogen (secondary N) is 3. The van der Waals surface area contributed by atoms with Crippen LogP contribution >= 0.6 is 0 Å². The monoisotopic (exact) mass is 392 g/mol. The van der Waals surface area contributed by atoms with Crippen molar-refractivity contribution in [3.63, 3.8) is 0 Å². The van der Waals surface area contributed by atoms with E-state index in [9.17, 15) is 19.2 Å². The largest absolute Gasteiger partial charge is 0.480 e. The third kappa shape index (κ3) is 8.17. The maximum atomic E-state index is 12.0. The Labute approximate surface area is 164 Å². The van der Waals surface area contributed by atoms with Crippen molar-refractivity contribution in [1.29, 1.82) is 0 Å². The first-order valence-corrected chi connectivity index (χ1v) is 9.10. The number of carboxylic acids is 1. The summed E-state index contributed by atoms with van der Waals surface area (Å²) < 4.78 is 0. The first-order valence-electron chi connectivity index (χ1n) is 9.10. The number of hydrogen-bond donors (Lipinski definition) is 5. The molecule has 3 atom stereocenters. The van der Waals surface area contributed by atoms with Gasteiger partial charge in [-0.25, -0.2) is 4.79 Å². The summed E-state index contributed by atoms with van der Waals surface area (Å²) in [7, 11) is 0. The van der Waals surface area contributed by atoms with Gasteiger partial charge in [0.25, 0.3) is 0 Å². The first kappa shape index (κ1) is 23.1. The molecular weight excluding hydrogens is 364 g/mol. The summed E-state index contributed by atoms with van der Waals surface area (Å²) in [6.07, 6.45) is 0.918. The highest BCUT2D eigenvalue weighted by atomic mass is 16.4. The lowest BCUT2D eigenvalue weighted by Gasteiger charge is -2.20. The van der Waals surface area contributed by atoms with E-state index in [0.29, 0.717) is 12.8 Å². The molecule has 0 saturated carbocycles. The number of carbonyl (C=O) groups is 4. The Morgan fingerprint density at radius 1 is 1.04 bits per heavy atom. The van der Waals surface area contributed by atoms with Crippen LogP contribution in [-0.2, 0) is 25.6 Å². The molecule has 0 aliphatic heterocycles. The van der Waals surface area contributed by atoms with Crippen LogP contribution in [0, 0.1) is 5.92 Å². The molecule has 0 fully saturated rings. The van der Waals surface area contributed by atoms with Crippen molar-refractivity contribution in [3.8, 4) is 0 Å². The molecule has 0 radical (unpaired) electrons. The molecule has 28 heavy (non-hydrogen) atoms. The van der Waals surface area contributed by atoms with E-state index in [2.05, 4.69) is 16.0 Å². The maximum Gasteiger partial charge on any atom is 0.326 e. The molecule has 9 heteroatoms. The molecule has 1 rings (SSSR count). The van der Waals surface area contributed by atoms with Gasteiger partial charge in [0.15, 0.2) is 0 Å². The minimum atomic E-state index is -1.13. The zero-order valence-electron chi connectivity index (χ0n) is 16.1. The molecule has 0 aliphatic carbocycles. The first-order chi connectivity index (χ1) is 13.2. The molecule has 6 N–H and O–H groups in total. The van der Waals surface area contributed by atoms with Crippen molar-refractivity contribution in [2.45, 2.75) is 38.8 Å². The lowest BCUT2D eigenvalue weighted by Crippen LogP contribution is -2.50. The third-order valence-corrected chi connectivity index (χ3v) is 4.30. The Morgan fingerprint density at radius 2 is 1.64 bits per heavy atom. The minimum absolute atomic E-state index is 0.248. The normalized spacial score (nSPS) is 13.7. The predicted octanol–water partition coefficient (Wildman–Crippen LogP) is -0.596. The van der Waals surface area contributed by atoms with Gasteiger partial charge in [-0.05, 0) is 17.9 Å². The lowest BCUT2D eigenvalue weighted by molar-refractivity contribution is -0.143. The summed E-state index contributed by atoms with van der Waals surface area (Å²) in [5.41, 5.74) is 6.72. The molecule has 9 nitrogen and oxygen atoms in total. The van der Waals surface area contributed by atoms with E-state index in [-0.39, 0.29) is 19.0 Å². The Morgan fingerprint density at radius 3 is 2.21 bits per heavy atom. The molecule has 0 saturated heterocycles. The summed E-state index contributed by atoms with van der Waals surface area (Å²) in [4.78, 5) is 46.8. The Balaban J connectivity index is 2.34. The number of hydrogen-bond acceptors (Lipinski definition) is 5. The fourth-order valence-corrected chi connectivity index (χ4v) is 2.41. The maximum absolute atomic E-state index is 12.0. The zero-order chi connectivity index (χ0) is 21.1. The Kier molecular flexibility index (Phi) is 9.66. The van der Waals surface area contributed by atoms with Crippen molar-refractivity contribution in [2.75, 3.05) is 13.1 Å². The number of rotatable bonds is 11. The highest BCUT2D eigenvalue weighted by Crippen LogP contribution is 2.07. The van der Waals surface area contributed by atoms with Crippen LogP contribution < -0.4 is 21.7 Å². The van der Waals surface area contributed by atoms with Gasteiger partial charge in [0.1, 0.15) is 6.04 Å². The van der Waals surface area contributed by atoms with Crippen molar-refractivity contribution in [2.24, 2.45) is 11.7 Å². The molecule has 0 bridgehead atoms. The molecule has 1 aromatic carbocycles. The summed E-state index contributed by atoms with van der Waals surface area (Å²) in [5, 5.41) is 16.3. The zero-order valence-corrected chi connectivity index (χ0v) is 16.1. The Hall–Kier alpha value is -2.94. The summed E-state index contributed by atoms with van der Waals surface area (Å²) in [5.74, 6) is -3.05. The van der Waals surface area contributed by atoms with Gasteiger partial charge in [0.05, 0.1) is 19.1 Å². The molecule has 1 aromatic rings. The number of carboxylic acid groups (broad SMARTS) is 1. The molecular formula is C19H28N4O5. The molecule has 3 amide bonds. The van der Waals surface area contributed by atoms with Gasteiger partial charge in [-0.1, -0.05) is 50.6 Å². The van der Waals surface area contributed by atoms with Gasteiger partial charge in [0.2, 0.25) is 17.7 Å². The van der Waals surface area contributed by atoms with Crippen LogP contribution in [-0.4, -0.2) is 54.0 Å². The van der Waals surface area contributed by atoms with Gasteiger partial charge in [-0.3, -0.25) is 14.4 Å². The van der Waals surface area contributed by atoms with Crippen LogP contribution in [0.2, 0.25) is 0 Å². The van der Waals surface area contributed by atoms with E-state index >= 15 is 0 Å². The number of aliphatic carboxylic acids is 1. The van der Waals surface area contributed by atoms with Crippen LogP contribution in [0.5, 0.6) is 0 Å². The van der Waals surface area contributed by atoms with Crippen molar-refractivity contribution < 1.29 is 24.3 Å². The summed E-state index contributed by atoms with van der Waals surface area (Å²) in [6.45, 7) is 2.82. The molecule has 0 spiro atoms. The predicted molar refractivity (Wildman–Crippen MR) is 103 cm³/mol. The van der Waals surface area contributed by atoms with Crippen LogP contribution in [0.25, 0.3) is 0 Å². The summed E-state index contributed by atoms with van der Waals surface area (Å²) in [6, 6.07) is 7.42. The van der Waals surface area contributed by atoms with E-state index in [0.717, 1.165) is 5.56 Å². The number of benzene rings is 1. The van der Waals surface area contributed by atoms with Crippen LogP contribution in [0.4, 0.5) is 0 Å². The minimum Gasteiger partial charge on any atom is -0.480 e. The van der Waals surface area contributed by atoms with E-state index in [1.165, 1.54) is 0 Å². The van der Waals surface area contributed by atoms with Gasteiger partial charge < -0.3 is 26.8 Å². The van der Waals surface area contributed by atoms with Crippen molar-refractivity contribution >= 4 is 23.7 Å². The molecule has 0 aliphatic rings. The second-order valence-corrected chi connectivity index (χ2v) is 6.56. The Bertz CT molecular complexity index is 680. The van der Waals surface area contributed by atoms with Crippen molar-refractivity contribution in [3.05, 3.63) is 35.9 Å². The highest BCUT2D eigenvalue weighted by Gasteiger charge is 2.25. The topological polar surface area (TPSA) is 151 Å². The van der Waals surface area contributed by atoms with Gasteiger partial charge in [-0.15, -0.1) is 0 Å². The molecule has 0 heterocycles. The van der Waals surface area contributed by atoms with Crippen LogP contribution in [0.3, 0.4) is 0 Å². The number of nitrogens with two attached hydrogens (primary N) is 1. The fraction of sp³-hybridized carbons (Fsp3) is 0.474. The van der Waals surface area contributed by atoms with E-state index in [1.807, 2.05) is 37.3 Å². The average Bonchev–Trinajstić information content (AvgIpc) is 2.68. The third-order valence-electron chi connectivity index (χ3n) is 4.30. The number of amides is 3. The standard InChI is InChI=1S/C19H28N4O5/c1-3-12(2)17(19(27)28)23-16(25)11-21-15(24)10-22-18(26)14(20)9-13-7-5-4-6-8-13/h4-8,12,14,17H,3,9-11,20H2,1-2H3,(H,21,24)(H,22,26)(H,23,25)(H,27,28). The number of carbonyl (C=O) groups excluding carboxylic acids is 3. The van der Waals surface area contributed by atoms with Crippen LogP contribution in [0.1, 0.15) is 25.8 Å². The fourth-order valence-electron chi connectivity index (χ4n) is 2.41.